The van der Waals surface area contributed by atoms with Crippen LogP contribution < -0.4 is 15.5 Å². The number of aliphatic hydroxyl groups is 1. The van der Waals surface area contributed by atoms with Crippen LogP contribution in [-0.4, -0.2) is 47.9 Å². The molecule has 3 rings (SSSR count). The fourth-order valence-corrected chi connectivity index (χ4v) is 3.03. The molecule has 2 atom stereocenters. The second-order valence-electron chi connectivity index (χ2n) is 6.32. The molecule has 132 valence electrons. The molecule has 2 heterocycles. The van der Waals surface area contributed by atoms with Crippen molar-refractivity contribution in [3.63, 3.8) is 0 Å². The number of rotatable bonds is 6. The number of anilines is 1. The molecule has 2 amide bonds. The summed E-state index contributed by atoms with van der Waals surface area (Å²) in [6, 6.07) is 15.4. The number of aromatic nitrogens is 1. The Morgan fingerprint density at radius 1 is 1.24 bits per heavy atom. The molecule has 0 aliphatic carbocycles. The Labute approximate surface area is 147 Å². The average Bonchev–Trinajstić information content (AvgIpc) is 3.10. The normalized spacial score (nSPS) is 18.0. The van der Waals surface area contributed by atoms with Crippen molar-refractivity contribution in [1.82, 2.24) is 15.6 Å². The molecule has 1 fully saturated rings. The van der Waals surface area contributed by atoms with Crippen molar-refractivity contribution in [2.45, 2.75) is 25.0 Å². The van der Waals surface area contributed by atoms with Gasteiger partial charge in [-0.1, -0.05) is 36.4 Å². The summed E-state index contributed by atoms with van der Waals surface area (Å²) in [5, 5.41) is 15.8. The first-order chi connectivity index (χ1) is 12.2. The van der Waals surface area contributed by atoms with Crippen LogP contribution in [0.1, 0.15) is 12.0 Å². The smallest absolute Gasteiger partial charge is 0.315 e. The maximum absolute atomic E-state index is 12.0. The van der Waals surface area contributed by atoms with Gasteiger partial charge in [0, 0.05) is 38.3 Å². The Morgan fingerprint density at radius 2 is 2.04 bits per heavy atom. The minimum absolute atomic E-state index is 0.0910. The van der Waals surface area contributed by atoms with Crippen LogP contribution in [-0.2, 0) is 6.42 Å². The molecule has 0 saturated carbocycles. The summed E-state index contributed by atoms with van der Waals surface area (Å²) in [4.78, 5) is 18.5. The van der Waals surface area contributed by atoms with E-state index in [4.69, 9.17) is 0 Å². The second-order valence-corrected chi connectivity index (χ2v) is 6.32. The second kappa shape index (κ2) is 8.48. The molecule has 1 aliphatic heterocycles. The highest BCUT2D eigenvalue weighted by Crippen LogP contribution is 2.17. The lowest BCUT2D eigenvalue weighted by molar-refractivity contribution is 0.170. The van der Waals surface area contributed by atoms with Crippen LogP contribution >= 0.6 is 0 Å². The van der Waals surface area contributed by atoms with E-state index in [0.717, 1.165) is 30.9 Å². The number of hydrogen-bond acceptors (Lipinski definition) is 4. The summed E-state index contributed by atoms with van der Waals surface area (Å²) < 4.78 is 0. The third-order valence-corrected chi connectivity index (χ3v) is 4.31. The van der Waals surface area contributed by atoms with Gasteiger partial charge in [-0.05, 0) is 24.1 Å². The molecule has 1 aromatic heterocycles. The SMILES string of the molecule is O=C(NCC(O)Cc1ccccc1)NC1CCN(c2ccccn2)C1. The first-order valence-corrected chi connectivity index (χ1v) is 8.63. The van der Waals surface area contributed by atoms with Gasteiger partial charge in [-0.15, -0.1) is 0 Å². The molecule has 0 bridgehead atoms. The first-order valence-electron chi connectivity index (χ1n) is 8.63. The van der Waals surface area contributed by atoms with E-state index in [1.165, 1.54) is 0 Å². The predicted molar refractivity (Wildman–Crippen MR) is 97.5 cm³/mol. The van der Waals surface area contributed by atoms with Crippen LogP contribution in [0.2, 0.25) is 0 Å². The highest BCUT2D eigenvalue weighted by atomic mass is 16.3. The van der Waals surface area contributed by atoms with Crippen molar-refractivity contribution < 1.29 is 9.90 Å². The summed E-state index contributed by atoms with van der Waals surface area (Å²) in [6.45, 7) is 1.85. The van der Waals surface area contributed by atoms with Crippen LogP contribution in [0.25, 0.3) is 0 Å². The van der Waals surface area contributed by atoms with E-state index in [9.17, 15) is 9.90 Å². The highest BCUT2D eigenvalue weighted by Gasteiger charge is 2.24. The number of nitrogens with zero attached hydrogens (tertiary/aromatic N) is 2. The molecule has 0 radical (unpaired) electrons. The lowest BCUT2D eigenvalue weighted by Gasteiger charge is -2.18. The molecule has 0 spiro atoms. The van der Waals surface area contributed by atoms with Gasteiger partial charge in [-0.2, -0.15) is 0 Å². The van der Waals surface area contributed by atoms with Gasteiger partial charge in [0.1, 0.15) is 5.82 Å². The summed E-state index contributed by atoms with van der Waals surface area (Å²) in [5.41, 5.74) is 1.05. The zero-order chi connectivity index (χ0) is 17.5. The molecular weight excluding hydrogens is 316 g/mol. The maximum atomic E-state index is 12.0. The Kier molecular flexibility index (Phi) is 5.85. The molecule has 2 unspecified atom stereocenters. The van der Waals surface area contributed by atoms with Crippen molar-refractivity contribution in [1.29, 1.82) is 0 Å². The van der Waals surface area contributed by atoms with Crippen LogP contribution in [0.4, 0.5) is 10.6 Å². The quantitative estimate of drug-likeness (QED) is 0.746. The molecule has 6 nitrogen and oxygen atoms in total. The number of aliphatic hydroxyl groups excluding tert-OH is 1. The van der Waals surface area contributed by atoms with Crippen LogP contribution in [0.5, 0.6) is 0 Å². The number of urea groups is 1. The zero-order valence-corrected chi connectivity index (χ0v) is 14.1. The Hall–Kier alpha value is -2.60. The largest absolute Gasteiger partial charge is 0.391 e. The van der Waals surface area contributed by atoms with Crippen molar-refractivity contribution in [3.05, 3.63) is 60.3 Å². The van der Waals surface area contributed by atoms with Gasteiger partial charge in [0.2, 0.25) is 0 Å². The van der Waals surface area contributed by atoms with Gasteiger partial charge < -0.3 is 20.6 Å². The first kappa shape index (κ1) is 17.2. The third-order valence-electron chi connectivity index (χ3n) is 4.31. The number of pyridine rings is 1. The van der Waals surface area contributed by atoms with Gasteiger partial charge >= 0.3 is 6.03 Å². The van der Waals surface area contributed by atoms with Crippen LogP contribution in [0.15, 0.2) is 54.7 Å². The molecule has 1 aromatic carbocycles. The van der Waals surface area contributed by atoms with Crippen LogP contribution in [0.3, 0.4) is 0 Å². The minimum atomic E-state index is -0.596. The van der Waals surface area contributed by atoms with E-state index in [-0.39, 0.29) is 18.6 Å². The number of carbonyl (C=O) groups excluding carboxylic acids is 1. The topological polar surface area (TPSA) is 77.5 Å². The van der Waals surface area contributed by atoms with E-state index in [1.54, 1.807) is 6.20 Å². The monoisotopic (exact) mass is 340 g/mol. The maximum Gasteiger partial charge on any atom is 0.315 e. The molecule has 6 heteroatoms. The van der Waals surface area contributed by atoms with Gasteiger partial charge in [0.05, 0.1) is 6.10 Å². The van der Waals surface area contributed by atoms with Crippen LogP contribution in [0, 0.1) is 0 Å². The van der Waals surface area contributed by atoms with Gasteiger partial charge in [0.25, 0.3) is 0 Å². The Balaban J connectivity index is 1.38. The number of nitrogens with one attached hydrogen (secondary N) is 2. The number of carbonyl (C=O) groups is 1. The molecule has 1 aliphatic rings. The summed E-state index contributed by atoms with van der Waals surface area (Å²) in [7, 11) is 0. The van der Waals surface area contributed by atoms with Crippen molar-refractivity contribution in [2.75, 3.05) is 24.5 Å². The number of hydrogen-bond donors (Lipinski definition) is 3. The lowest BCUT2D eigenvalue weighted by atomic mass is 10.1. The van der Waals surface area contributed by atoms with E-state index in [1.807, 2.05) is 48.5 Å². The summed E-state index contributed by atoms with van der Waals surface area (Å²) in [6.07, 6.45) is 2.59. The fourth-order valence-electron chi connectivity index (χ4n) is 3.03. The third kappa shape index (κ3) is 5.19. The standard InChI is InChI=1S/C19H24N4O2/c24-17(12-15-6-2-1-3-7-15)13-21-19(25)22-16-9-11-23(14-16)18-8-4-5-10-20-18/h1-8,10,16-17,24H,9,11-14H2,(H2,21,22,25). The highest BCUT2D eigenvalue weighted by molar-refractivity contribution is 5.74. The minimum Gasteiger partial charge on any atom is -0.391 e. The average molecular weight is 340 g/mol. The molecule has 3 N–H and O–H groups in total. The van der Waals surface area contributed by atoms with E-state index in [2.05, 4.69) is 20.5 Å². The zero-order valence-electron chi connectivity index (χ0n) is 14.1. The van der Waals surface area contributed by atoms with E-state index in [0.29, 0.717) is 6.42 Å². The van der Waals surface area contributed by atoms with Gasteiger partial charge in [-0.3, -0.25) is 0 Å². The molecule has 1 saturated heterocycles. The van der Waals surface area contributed by atoms with Crippen molar-refractivity contribution in [2.24, 2.45) is 0 Å². The Morgan fingerprint density at radius 3 is 2.80 bits per heavy atom. The van der Waals surface area contributed by atoms with Crippen molar-refractivity contribution >= 4 is 11.8 Å². The lowest BCUT2D eigenvalue weighted by Crippen LogP contribution is -2.45. The summed E-state index contributed by atoms with van der Waals surface area (Å²) in [5.74, 6) is 0.936. The Bertz CT molecular complexity index is 666. The van der Waals surface area contributed by atoms with E-state index >= 15 is 0 Å². The fraction of sp³-hybridized carbons (Fsp3) is 0.368. The number of amides is 2. The molecule has 25 heavy (non-hydrogen) atoms. The van der Waals surface area contributed by atoms with Gasteiger partial charge in [0.15, 0.2) is 0 Å². The molecule has 2 aromatic rings. The van der Waals surface area contributed by atoms with Crippen molar-refractivity contribution in [3.8, 4) is 0 Å². The molecular formula is C19H24N4O2. The van der Waals surface area contributed by atoms with E-state index < -0.39 is 6.10 Å². The number of benzene rings is 1. The van der Waals surface area contributed by atoms with Gasteiger partial charge in [-0.25, -0.2) is 9.78 Å². The summed E-state index contributed by atoms with van der Waals surface area (Å²) >= 11 is 0. The predicted octanol–water partition coefficient (Wildman–Crippen LogP) is 1.56.